The van der Waals surface area contributed by atoms with E-state index in [4.69, 9.17) is 0 Å². The number of nitrogens with one attached hydrogen (secondary N) is 1. The predicted molar refractivity (Wildman–Crippen MR) is 95.4 cm³/mol. The smallest absolute Gasteiger partial charge is 0.332 e. The number of hydrogen-bond donors (Lipinski definition) is 1. The standard InChI is InChI=1S/C18H20N4O2/c1-3-21-16-15(17(23)22(4-2)18(21)24)14(10-11-19-16)20-12-13-8-6-5-7-9-13/h5-11H,3-4,12H2,1-2H3,(H,19,20). The molecule has 6 heteroatoms. The normalized spacial score (nSPS) is 10.9. The highest BCUT2D eigenvalue weighted by Crippen LogP contribution is 2.18. The van der Waals surface area contributed by atoms with E-state index in [1.54, 1.807) is 19.2 Å². The zero-order valence-electron chi connectivity index (χ0n) is 13.8. The van der Waals surface area contributed by atoms with E-state index in [1.165, 1.54) is 9.13 Å². The Morgan fingerprint density at radius 3 is 2.38 bits per heavy atom. The maximum Gasteiger partial charge on any atom is 0.332 e. The lowest BCUT2D eigenvalue weighted by molar-refractivity contribution is 0.605. The van der Waals surface area contributed by atoms with E-state index in [1.807, 2.05) is 37.3 Å². The third-order valence-electron chi connectivity index (χ3n) is 4.07. The molecule has 0 unspecified atom stereocenters. The lowest BCUT2D eigenvalue weighted by Crippen LogP contribution is -2.40. The summed E-state index contributed by atoms with van der Waals surface area (Å²) < 4.78 is 2.79. The first-order valence-electron chi connectivity index (χ1n) is 8.07. The molecule has 0 spiro atoms. The van der Waals surface area contributed by atoms with Crippen molar-refractivity contribution in [3.63, 3.8) is 0 Å². The fourth-order valence-electron chi connectivity index (χ4n) is 2.83. The van der Waals surface area contributed by atoms with Gasteiger partial charge in [0.05, 0.1) is 5.69 Å². The first kappa shape index (κ1) is 16.0. The van der Waals surface area contributed by atoms with Crippen LogP contribution in [-0.2, 0) is 19.6 Å². The van der Waals surface area contributed by atoms with Crippen molar-refractivity contribution in [2.45, 2.75) is 33.5 Å². The topological polar surface area (TPSA) is 68.9 Å². The van der Waals surface area contributed by atoms with Crippen LogP contribution in [0.2, 0.25) is 0 Å². The first-order valence-corrected chi connectivity index (χ1v) is 8.07. The number of nitrogens with zero attached hydrogens (tertiary/aromatic N) is 3. The van der Waals surface area contributed by atoms with Gasteiger partial charge >= 0.3 is 5.69 Å². The van der Waals surface area contributed by atoms with E-state index in [9.17, 15) is 9.59 Å². The minimum atomic E-state index is -0.315. The minimum Gasteiger partial charge on any atom is -0.380 e. The van der Waals surface area contributed by atoms with Gasteiger partial charge in [0.2, 0.25) is 0 Å². The second kappa shape index (κ2) is 6.70. The van der Waals surface area contributed by atoms with Crippen molar-refractivity contribution in [2.75, 3.05) is 5.32 Å². The number of aryl methyl sites for hydroxylation is 1. The highest BCUT2D eigenvalue weighted by atomic mass is 16.2. The molecule has 6 nitrogen and oxygen atoms in total. The van der Waals surface area contributed by atoms with Gasteiger partial charge in [0.25, 0.3) is 5.56 Å². The van der Waals surface area contributed by atoms with Crippen LogP contribution >= 0.6 is 0 Å². The molecule has 0 saturated heterocycles. The molecule has 3 rings (SSSR count). The van der Waals surface area contributed by atoms with Crippen LogP contribution in [0.25, 0.3) is 11.0 Å². The van der Waals surface area contributed by atoms with E-state index in [2.05, 4.69) is 10.3 Å². The second-order valence-corrected chi connectivity index (χ2v) is 5.47. The highest BCUT2D eigenvalue weighted by Gasteiger charge is 2.15. The maximum atomic E-state index is 12.8. The molecular formula is C18H20N4O2. The van der Waals surface area contributed by atoms with Crippen molar-refractivity contribution in [1.29, 1.82) is 0 Å². The van der Waals surface area contributed by atoms with Gasteiger partial charge in [0.15, 0.2) is 5.65 Å². The molecule has 124 valence electrons. The molecule has 0 fully saturated rings. The molecule has 0 aliphatic rings. The van der Waals surface area contributed by atoms with Crippen LogP contribution in [0.5, 0.6) is 0 Å². The number of anilines is 1. The zero-order valence-corrected chi connectivity index (χ0v) is 13.8. The largest absolute Gasteiger partial charge is 0.380 e. The van der Waals surface area contributed by atoms with Crippen LogP contribution in [0.15, 0.2) is 52.2 Å². The SMILES string of the molecule is CCn1c(=O)c2c(NCc3ccccc3)ccnc2n(CC)c1=O. The summed E-state index contributed by atoms with van der Waals surface area (Å²) in [4.78, 5) is 29.4. The van der Waals surface area contributed by atoms with E-state index in [0.29, 0.717) is 36.4 Å². The summed E-state index contributed by atoms with van der Waals surface area (Å²) in [5.74, 6) is 0. The number of rotatable bonds is 5. The van der Waals surface area contributed by atoms with Crippen LogP contribution in [0.3, 0.4) is 0 Å². The summed E-state index contributed by atoms with van der Waals surface area (Å²) in [6.45, 7) is 5.06. The number of pyridine rings is 1. The van der Waals surface area contributed by atoms with E-state index in [-0.39, 0.29) is 11.2 Å². The lowest BCUT2D eigenvalue weighted by atomic mass is 10.2. The Labute approximate surface area is 139 Å². The van der Waals surface area contributed by atoms with Gasteiger partial charge in [-0.2, -0.15) is 0 Å². The van der Waals surface area contributed by atoms with E-state index in [0.717, 1.165) is 5.56 Å². The molecule has 1 N–H and O–H groups in total. The zero-order chi connectivity index (χ0) is 17.1. The molecule has 1 aromatic carbocycles. The molecule has 0 atom stereocenters. The monoisotopic (exact) mass is 324 g/mol. The summed E-state index contributed by atoms with van der Waals surface area (Å²) in [6, 6.07) is 11.7. The molecule has 0 aliphatic heterocycles. The Hall–Kier alpha value is -2.89. The molecule has 0 saturated carbocycles. The van der Waals surface area contributed by atoms with Crippen molar-refractivity contribution in [3.05, 3.63) is 69.0 Å². The van der Waals surface area contributed by atoms with Crippen molar-refractivity contribution < 1.29 is 0 Å². The number of aromatic nitrogens is 3. The fraction of sp³-hybridized carbons (Fsp3) is 0.278. The molecular weight excluding hydrogens is 304 g/mol. The van der Waals surface area contributed by atoms with Crippen LogP contribution < -0.4 is 16.6 Å². The van der Waals surface area contributed by atoms with Crippen LogP contribution in [0.4, 0.5) is 5.69 Å². The lowest BCUT2D eigenvalue weighted by Gasteiger charge is -2.14. The summed E-state index contributed by atoms with van der Waals surface area (Å²) in [5.41, 5.74) is 1.62. The average Bonchev–Trinajstić information content (AvgIpc) is 2.61. The maximum absolute atomic E-state index is 12.8. The first-order chi connectivity index (χ1) is 11.7. The highest BCUT2D eigenvalue weighted by molar-refractivity contribution is 5.88. The quantitative estimate of drug-likeness (QED) is 0.781. The molecule has 2 heterocycles. The Morgan fingerprint density at radius 1 is 1.00 bits per heavy atom. The van der Waals surface area contributed by atoms with Gasteiger partial charge in [-0.15, -0.1) is 0 Å². The van der Waals surface area contributed by atoms with Gasteiger partial charge in [-0.1, -0.05) is 30.3 Å². The molecule has 0 radical (unpaired) electrons. The minimum absolute atomic E-state index is 0.300. The molecule has 0 amide bonds. The summed E-state index contributed by atoms with van der Waals surface area (Å²) in [6.07, 6.45) is 1.62. The van der Waals surface area contributed by atoms with Crippen molar-refractivity contribution in [1.82, 2.24) is 14.1 Å². The summed E-state index contributed by atoms with van der Waals surface area (Å²) >= 11 is 0. The van der Waals surface area contributed by atoms with Gasteiger partial charge < -0.3 is 5.32 Å². The van der Waals surface area contributed by atoms with Crippen LogP contribution in [0, 0.1) is 0 Å². The van der Waals surface area contributed by atoms with Gasteiger partial charge in [0, 0.05) is 25.8 Å². The average molecular weight is 324 g/mol. The molecule has 24 heavy (non-hydrogen) atoms. The number of benzene rings is 1. The number of hydrogen-bond acceptors (Lipinski definition) is 4. The van der Waals surface area contributed by atoms with Gasteiger partial charge in [-0.05, 0) is 25.5 Å². The summed E-state index contributed by atoms with van der Waals surface area (Å²) in [7, 11) is 0. The van der Waals surface area contributed by atoms with Gasteiger partial charge in [-0.25, -0.2) is 9.78 Å². The van der Waals surface area contributed by atoms with Crippen molar-refractivity contribution in [2.24, 2.45) is 0 Å². The second-order valence-electron chi connectivity index (χ2n) is 5.47. The predicted octanol–water partition coefficient (Wildman–Crippen LogP) is 2.21. The van der Waals surface area contributed by atoms with Crippen molar-refractivity contribution in [3.8, 4) is 0 Å². The molecule has 0 bridgehead atoms. The van der Waals surface area contributed by atoms with E-state index < -0.39 is 0 Å². The summed E-state index contributed by atoms with van der Waals surface area (Å²) in [5, 5.41) is 3.75. The third kappa shape index (κ3) is 2.71. The van der Waals surface area contributed by atoms with E-state index >= 15 is 0 Å². The number of fused-ring (bicyclic) bond motifs is 1. The Balaban J connectivity index is 2.15. The fourth-order valence-corrected chi connectivity index (χ4v) is 2.83. The Morgan fingerprint density at radius 2 is 1.71 bits per heavy atom. The van der Waals surface area contributed by atoms with Crippen LogP contribution in [0.1, 0.15) is 19.4 Å². The van der Waals surface area contributed by atoms with Crippen molar-refractivity contribution >= 4 is 16.7 Å². The van der Waals surface area contributed by atoms with Gasteiger partial charge in [-0.3, -0.25) is 13.9 Å². The molecule has 2 aromatic heterocycles. The van der Waals surface area contributed by atoms with Crippen LogP contribution in [-0.4, -0.2) is 14.1 Å². The van der Waals surface area contributed by atoms with Gasteiger partial charge in [0.1, 0.15) is 5.39 Å². The Kier molecular flexibility index (Phi) is 4.46. The Bertz CT molecular complexity index is 974. The molecule has 3 aromatic rings. The third-order valence-corrected chi connectivity index (χ3v) is 4.07. The molecule has 0 aliphatic carbocycles.